The number of nitrogens with two attached hydrogens (primary N) is 1. The van der Waals surface area contributed by atoms with Crippen LogP contribution in [-0.2, 0) is 4.79 Å². The average molecular weight is 181 g/mol. The molecule has 66 valence electrons. The molecule has 0 radical (unpaired) electrons. The third kappa shape index (κ3) is 4.40. The SMILES string of the molecule is NCC(=O)P(O)C[C@H](O)CO. The Hall–Kier alpha value is -0.0600. The van der Waals surface area contributed by atoms with Gasteiger partial charge in [-0.15, -0.1) is 0 Å². The number of aliphatic hydroxyl groups is 2. The number of hydrogen-bond acceptors (Lipinski definition) is 5. The van der Waals surface area contributed by atoms with E-state index in [1.165, 1.54) is 0 Å². The van der Waals surface area contributed by atoms with E-state index >= 15 is 0 Å². The van der Waals surface area contributed by atoms with Crippen LogP contribution in [0.25, 0.3) is 0 Å². The molecule has 6 heteroatoms. The van der Waals surface area contributed by atoms with Crippen LogP contribution < -0.4 is 5.73 Å². The van der Waals surface area contributed by atoms with Crippen molar-refractivity contribution in [3.63, 3.8) is 0 Å². The zero-order valence-electron chi connectivity index (χ0n) is 5.97. The van der Waals surface area contributed by atoms with Crippen LogP contribution >= 0.6 is 8.15 Å². The zero-order chi connectivity index (χ0) is 8.85. The first-order valence-electron chi connectivity index (χ1n) is 3.10. The van der Waals surface area contributed by atoms with Crippen LogP contribution in [0.1, 0.15) is 0 Å². The molecule has 0 aliphatic carbocycles. The largest absolute Gasteiger partial charge is 0.394 e. The molecule has 11 heavy (non-hydrogen) atoms. The fourth-order valence-electron chi connectivity index (χ4n) is 0.465. The van der Waals surface area contributed by atoms with E-state index in [1.54, 1.807) is 0 Å². The molecule has 0 heterocycles. The Morgan fingerprint density at radius 3 is 2.55 bits per heavy atom. The van der Waals surface area contributed by atoms with E-state index < -0.39 is 26.4 Å². The van der Waals surface area contributed by atoms with Gasteiger partial charge in [-0.2, -0.15) is 0 Å². The molecule has 1 unspecified atom stereocenters. The lowest BCUT2D eigenvalue weighted by Crippen LogP contribution is -2.20. The van der Waals surface area contributed by atoms with E-state index in [1.807, 2.05) is 0 Å². The summed E-state index contributed by atoms with van der Waals surface area (Å²) in [5.41, 5.74) is 4.49. The highest BCUT2D eigenvalue weighted by atomic mass is 31.1. The summed E-state index contributed by atoms with van der Waals surface area (Å²) in [6.07, 6.45) is -1.12. The van der Waals surface area contributed by atoms with Crippen LogP contribution in [0.2, 0.25) is 0 Å². The summed E-state index contributed by atoms with van der Waals surface area (Å²) in [6, 6.07) is 0. The van der Waals surface area contributed by atoms with Crippen molar-refractivity contribution in [1.82, 2.24) is 0 Å². The molecule has 0 saturated heterocycles. The molecule has 0 rings (SSSR count). The molecular weight excluding hydrogens is 169 g/mol. The van der Waals surface area contributed by atoms with Gasteiger partial charge in [-0.25, -0.2) is 0 Å². The summed E-state index contributed by atoms with van der Waals surface area (Å²) in [5, 5.41) is 17.1. The van der Waals surface area contributed by atoms with Gasteiger partial charge >= 0.3 is 0 Å². The van der Waals surface area contributed by atoms with Crippen LogP contribution in [0, 0.1) is 0 Å². The minimum atomic E-state index is -1.86. The van der Waals surface area contributed by atoms with Crippen molar-refractivity contribution >= 4 is 13.7 Å². The van der Waals surface area contributed by atoms with Crippen molar-refractivity contribution in [2.45, 2.75) is 6.10 Å². The average Bonchev–Trinajstić information content (AvgIpc) is 2.02. The zero-order valence-corrected chi connectivity index (χ0v) is 6.87. The Bertz CT molecular complexity index is 132. The fraction of sp³-hybridized carbons (Fsp3) is 0.800. The summed E-state index contributed by atoms with van der Waals surface area (Å²) in [7, 11) is -1.86. The van der Waals surface area contributed by atoms with Crippen molar-refractivity contribution < 1.29 is 19.9 Å². The second-order valence-electron chi connectivity index (χ2n) is 2.02. The van der Waals surface area contributed by atoms with Gasteiger partial charge in [-0.1, -0.05) is 0 Å². The van der Waals surface area contributed by atoms with Crippen LogP contribution in [-0.4, -0.2) is 46.0 Å². The molecular formula is C5H12NO4P. The number of rotatable bonds is 5. The molecule has 0 aromatic heterocycles. The lowest BCUT2D eigenvalue weighted by atomic mass is 10.4. The van der Waals surface area contributed by atoms with Crippen molar-refractivity contribution in [2.24, 2.45) is 5.73 Å². The van der Waals surface area contributed by atoms with E-state index in [0.29, 0.717) is 0 Å². The first kappa shape index (κ1) is 10.9. The second kappa shape index (κ2) is 5.57. The third-order valence-electron chi connectivity index (χ3n) is 1.06. The minimum Gasteiger partial charge on any atom is -0.394 e. The summed E-state index contributed by atoms with van der Waals surface area (Å²) in [6.45, 7) is -0.669. The molecule has 0 aromatic carbocycles. The maximum Gasteiger partial charge on any atom is 0.194 e. The van der Waals surface area contributed by atoms with E-state index in [2.05, 4.69) is 0 Å². The number of carbonyl (C=O) groups is 1. The van der Waals surface area contributed by atoms with E-state index in [4.69, 9.17) is 20.8 Å². The quantitative estimate of drug-likeness (QED) is 0.375. The predicted octanol–water partition coefficient (Wildman–Crippen LogP) is -1.79. The van der Waals surface area contributed by atoms with Crippen LogP contribution in [0.4, 0.5) is 0 Å². The maximum atomic E-state index is 10.6. The Balaban J connectivity index is 3.67. The number of hydrogen-bond donors (Lipinski definition) is 4. The summed E-state index contributed by atoms with van der Waals surface area (Å²) in [5.74, 6) is 0. The first-order chi connectivity index (χ1) is 5.11. The highest BCUT2D eigenvalue weighted by Gasteiger charge is 2.17. The van der Waals surface area contributed by atoms with Gasteiger partial charge in [0.1, 0.15) is 0 Å². The van der Waals surface area contributed by atoms with Gasteiger partial charge in [0, 0.05) is 6.16 Å². The van der Waals surface area contributed by atoms with Crippen molar-refractivity contribution in [3.8, 4) is 0 Å². The van der Waals surface area contributed by atoms with Crippen molar-refractivity contribution in [3.05, 3.63) is 0 Å². The standard InChI is InChI=1S/C5H12NO4P/c6-1-5(9)11(10)3-4(8)2-7/h4,7-8,10H,1-3,6H2/t4-,11?/m1/s1. The normalized spacial score (nSPS) is 16.0. The van der Waals surface area contributed by atoms with Gasteiger partial charge < -0.3 is 20.8 Å². The highest BCUT2D eigenvalue weighted by molar-refractivity contribution is 7.69. The Kier molecular flexibility index (Phi) is 5.54. The van der Waals surface area contributed by atoms with Gasteiger partial charge in [-0.3, -0.25) is 4.79 Å². The van der Waals surface area contributed by atoms with Gasteiger partial charge in [0.15, 0.2) is 5.52 Å². The van der Waals surface area contributed by atoms with E-state index in [-0.39, 0.29) is 12.7 Å². The minimum absolute atomic E-state index is 0.0954. The molecule has 5 nitrogen and oxygen atoms in total. The Morgan fingerprint density at radius 2 is 2.18 bits per heavy atom. The monoisotopic (exact) mass is 181 g/mol. The molecule has 0 saturated carbocycles. The topological polar surface area (TPSA) is 104 Å². The lowest BCUT2D eigenvalue weighted by molar-refractivity contribution is -0.110. The van der Waals surface area contributed by atoms with Crippen molar-refractivity contribution in [1.29, 1.82) is 0 Å². The lowest BCUT2D eigenvalue weighted by Gasteiger charge is -2.10. The van der Waals surface area contributed by atoms with Gasteiger partial charge in [0.05, 0.1) is 27.4 Å². The van der Waals surface area contributed by atoms with E-state index in [0.717, 1.165) is 0 Å². The first-order valence-corrected chi connectivity index (χ1v) is 4.58. The molecule has 0 aromatic rings. The van der Waals surface area contributed by atoms with Crippen LogP contribution in [0.15, 0.2) is 0 Å². The second-order valence-corrected chi connectivity index (χ2v) is 3.68. The molecule has 0 amide bonds. The molecule has 2 atom stereocenters. The molecule has 5 N–H and O–H groups in total. The van der Waals surface area contributed by atoms with Gasteiger partial charge in [-0.05, 0) is 0 Å². The van der Waals surface area contributed by atoms with E-state index in [9.17, 15) is 4.79 Å². The maximum absolute atomic E-state index is 10.6. The third-order valence-corrected chi connectivity index (χ3v) is 2.58. The Morgan fingerprint density at radius 1 is 1.64 bits per heavy atom. The highest BCUT2D eigenvalue weighted by Crippen LogP contribution is 2.30. The van der Waals surface area contributed by atoms with Gasteiger partial charge in [0.25, 0.3) is 0 Å². The smallest absolute Gasteiger partial charge is 0.194 e. The summed E-state index contributed by atoms with van der Waals surface area (Å²) < 4.78 is 0. The molecule has 0 fully saturated rings. The van der Waals surface area contributed by atoms with Crippen LogP contribution in [0.3, 0.4) is 0 Å². The molecule has 0 spiro atoms. The van der Waals surface area contributed by atoms with Crippen molar-refractivity contribution in [2.75, 3.05) is 19.3 Å². The Labute approximate surface area is 65.7 Å². The predicted molar refractivity (Wildman–Crippen MR) is 41.2 cm³/mol. The molecule has 0 bridgehead atoms. The number of carbonyl (C=O) groups excluding carboxylic acids is 1. The van der Waals surface area contributed by atoms with Gasteiger partial charge in [0.2, 0.25) is 0 Å². The summed E-state index contributed by atoms with van der Waals surface area (Å²) >= 11 is 0. The fourth-order valence-corrected chi connectivity index (χ4v) is 1.39. The molecule has 0 aliphatic heterocycles. The summed E-state index contributed by atoms with van der Waals surface area (Å²) in [4.78, 5) is 19.6. The number of aliphatic hydroxyl groups excluding tert-OH is 2. The van der Waals surface area contributed by atoms with Crippen LogP contribution in [0.5, 0.6) is 0 Å². The molecule has 0 aliphatic rings.